The van der Waals surface area contributed by atoms with Gasteiger partial charge in [0, 0.05) is 10.9 Å². The molecule has 0 unspecified atom stereocenters. The molecule has 4 aromatic rings. The lowest BCUT2D eigenvalue weighted by Crippen LogP contribution is -2.08. The fraction of sp³-hybridized carbons (Fsp3) is 0.150. The van der Waals surface area contributed by atoms with Crippen LogP contribution < -0.4 is 5.56 Å². The van der Waals surface area contributed by atoms with Gasteiger partial charge >= 0.3 is 5.97 Å². The van der Waals surface area contributed by atoms with Crippen molar-refractivity contribution in [2.75, 3.05) is 0 Å². The molecule has 0 aliphatic rings. The van der Waals surface area contributed by atoms with E-state index < -0.39 is 5.97 Å². The first-order valence-electron chi connectivity index (χ1n) is 8.46. The number of rotatable bonds is 5. The Morgan fingerprint density at radius 2 is 2.07 bits per heavy atom. The van der Waals surface area contributed by atoms with Crippen LogP contribution in [0.4, 0.5) is 0 Å². The number of furan rings is 1. The molecule has 0 fully saturated rings. The van der Waals surface area contributed by atoms with Crippen molar-refractivity contribution in [2.45, 2.75) is 24.8 Å². The predicted molar refractivity (Wildman–Crippen MR) is 110 cm³/mol. The third-order valence-electron chi connectivity index (χ3n) is 4.46. The fourth-order valence-electron chi connectivity index (χ4n) is 2.83. The van der Waals surface area contributed by atoms with E-state index in [0.717, 1.165) is 11.1 Å². The van der Waals surface area contributed by atoms with Crippen molar-refractivity contribution in [3.8, 4) is 11.1 Å². The van der Waals surface area contributed by atoms with E-state index in [9.17, 15) is 9.59 Å². The molecule has 2 N–H and O–H groups in total. The van der Waals surface area contributed by atoms with Crippen LogP contribution in [0.3, 0.4) is 0 Å². The molecule has 1 aromatic carbocycles. The number of benzene rings is 1. The number of aromatic nitrogens is 2. The van der Waals surface area contributed by atoms with Gasteiger partial charge in [0.05, 0.1) is 11.1 Å². The SMILES string of the molecule is Cc1ccc(-c2csc3nc(SCc4ccc(C(=O)O)o4)[nH]c(=O)c23)cc1C. The van der Waals surface area contributed by atoms with Gasteiger partial charge in [-0.15, -0.1) is 11.3 Å². The number of hydrogen-bond acceptors (Lipinski definition) is 6. The number of hydrogen-bond donors (Lipinski definition) is 2. The summed E-state index contributed by atoms with van der Waals surface area (Å²) < 4.78 is 5.23. The summed E-state index contributed by atoms with van der Waals surface area (Å²) in [5, 5.41) is 11.9. The van der Waals surface area contributed by atoms with Crippen LogP contribution in [0.5, 0.6) is 0 Å². The van der Waals surface area contributed by atoms with Crippen LogP contribution in [-0.4, -0.2) is 21.0 Å². The first-order valence-corrected chi connectivity index (χ1v) is 10.3. The molecule has 0 bridgehead atoms. The van der Waals surface area contributed by atoms with Crippen molar-refractivity contribution >= 4 is 39.3 Å². The van der Waals surface area contributed by atoms with Crippen LogP contribution in [-0.2, 0) is 5.75 Å². The first kappa shape index (κ1) is 18.5. The second-order valence-electron chi connectivity index (χ2n) is 6.36. The van der Waals surface area contributed by atoms with E-state index in [1.54, 1.807) is 6.07 Å². The summed E-state index contributed by atoms with van der Waals surface area (Å²) in [4.78, 5) is 31.6. The van der Waals surface area contributed by atoms with Crippen LogP contribution in [0.15, 0.2) is 50.1 Å². The van der Waals surface area contributed by atoms with Gasteiger partial charge in [-0.2, -0.15) is 0 Å². The van der Waals surface area contributed by atoms with Gasteiger partial charge in [-0.05, 0) is 42.7 Å². The summed E-state index contributed by atoms with van der Waals surface area (Å²) in [6.45, 7) is 4.11. The van der Waals surface area contributed by atoms with E-state index in [1.165, 1.54) is 40.3 Å². The molecule has 28 heavy (non-hydrogen) atoms. The van der Waals surface area contributed by atoms with Gasteiger partial charge in [-0.25, -0.2) is 9.78 Å². The highest BCUT2D eigenvalue weighted by molar-refractivity contribution is 7.98. The van der Waals surface area contributed by atoms with Gasteiger partial charge in [0.15, 0.2) is 5.16 Å². The Hall–Kier alpha value is -2.84. The minimum absolute atomic E-state index is 0.108. The number of aromatic amines is 1. The highest BCUT2D eigenvalue weighted by Gasteiger charge is 2.15. The van der Waals surface area contributed by atoms with Gasteiger partial charge in [-0.1, -0.05) is 30.0 Å². The maximum atomic E-state index is 12.7. The zero-order chi connectivity index (χ0) is 19.8. The number of thioether (sulfide) groups is 1. The molecule has 0 aliphatic heterocycles. The molecular formula is C20H16N2O4S2. The second-order valence-corrected chi connectivity index (χ2v) is 8.18. The van der Waals surface area contributed by atoms with Crippen molar-refractivity contribution in [3.63, 3.8) is 0 Å². The Labute approximate surface area is 168 Å². The number of nitrogens with one attached hydrogen (secondary N) is 1. The Kier molecular flexibility index (Phi) is 4.82. The third kappa shape index (κ3) is 3.48. The van der Waals surface area contributed by atoms with Crippen molar-refractivity contribution in [2.24, 2.45) is 0 Å². The van der Waals surface area contributed by atoms with E-state index in [4.69, 9.17) is 9.52 Å². The molecule has 0 saturated heterocycles. The average molecular weight is 412 g/mol. The molecule has 0 spiro atoms. The monoisotopic (exact) mass is 412 g/mol. The number of H-pyrrole nitrogens is 1. The molecule has 142 valence electrons. The Bertz CT molecular complexity index is 1250. The highest BCUT2D eigenvalue weighted by Crippen LogP contribution is 2.32. The maximum absolute atomic E-state index is 12.7. The summed E-state index contributed by atoms with van der Waals surface area (Å²) in [6.07, 6.45) is 0. The van der Waals surface area contributed by atoms with Crippen molar-refractivity contribution < 1.29 is 14.3 Å². The zero-order valence-corrected chi connectivity index (χ0v) is 16.7. The normalized spacial score (nSPS) is 11.2. The number of carboxylic acid groups (broad SMARTS) is 1. The van der Waals surface area contributed by atoms with Crippen LogP contribution >= 0.6 is 23.1 Å². The number of aryl methyl sites for hydroxylation is 2. The summed E-state index contributed by atoms with van der Waals surface area (Å²) in [7, 11) is 0. The topological polar surface area (TPSA) is 96.2 Å². The minimum atomic E-state index is -1.11. The predicted octanol–water partition coefficient (Wildman–Crippen LogP) is 4.85. The van der Waals surface area contributed by atoms with Gasteiger partial charge in [-0.3, -0.25) is 4.79 Å². The molecule has 4 rings (SSSR count). The molecular weight excluding hydrogens is 396 g/mol. The molecule has 0 saturated carbocycles. The standard InChI is InChI=1S/C20H16N2O4S2/c1-10-3-4-12(7-11(10)2)14-9-27-18-16(14)17(23)21-20(22-18)28-8-13-5-6-15(26-13)19(24)25/h3-7,9H,8H2,1-2H3,(H,24,25)(H,21,22,23). The number of aromatic carboxylic acids is 1. The van der Waals surface area contributed by atoms with E-state index >= 15 is 0 Å². The average Bonchev–Trinajstić information content (AvgIpc) is 3.29. The highest BCUT2D eigenvalue weighted by atomic mass is 32.2. The van der Waals surface area contributed by atoms with Gasteiger partial charge in [0.1, 0.15) is 10.6 Å². The van der Waals surface area contributed by atoms with Gasteiger partial charge in [0.25, 0.3) is 5.56 Å². The lowest BCUT2D eigenvalue weighted by Gasteiger charge is -2.04. The number of carboxylic acids is 1. The largest absolute Gasteiger partial charge is 0.475 e. The summed E-state index contributed by atoms with van der Waals surface area (Å²) in [5.74, 6) is -0.338. The van der Waals surface area contributed by atoms with E-state index in [1.807, 2.05) is 11.4 Å². The zero-order valence-electron chi connectivity index (χ0n) is 15.1. The summed E-state index contributed by atoms with van der Waals surface area (Å²) in [5.41, 5.74) is 4.07. The minimum Gasteiger partial charge on any atom is -0.475 e. The molecule has 3 heterocycles. The van der Waals surface area contributed by atoms with Gasteiger partial charge < -0.3 is 14.5 Å². The molecule has 0 radical (unpaired) electrons. The summed E-state index contributed by atoms with van der Waals surface area (Å²) in [6, 6.07) is 9.16. The molecule has 0 aliphatic carbocycles. The van der Waals surface area contributed by atoms with Crippen LogP contribution in [0, 0.1) is 13.8 Å². The Balaban J connectivity index is 1.63. The van der Waals surface area contributed by atoms with Crippen molar-refractivity contribution in [1.82, 2.24) is 9.97 Å². The second kappa shape index (κ2) is 7.29. The molecule has 8 heteroatoms. The molecule has 3 aromatic heterocycles. The number of thiophene rings is 1. The fourth-order valence-corrected chi connectivity index (χ4v) is 4.59. The third-order valence-corrected chi connectivity index (χ3v) is 6.23. The van der Waals surface area contributed by atoms with Crippen LogP contribution in [0.2, 0.25) is 0 Å². The van der Waals surface area contributed by atoms with Crippen molar-refractivity contribution in [1.29, 1.82) is 0 Å². The van der Waals surface area contributed by atoms with Crippen LogP contribution in [0.25, 0.3) is 21.3 Å². The number of nitrogens with zero attached hydrogens (tertiary/aromatic N) is 1. The molecule has 0 atom stereocenters. The van der Waals surface area contributed by atoms with Gasteiger partial charge in [0.2, 0.25) is 5.76 Å². The molecule has 0 amide bonds. The summed E-state index contributed by atoms with van der Waals surface area (Å²) >= 11 is 2.72. The van der Waals surface area contributed by atoms with E-state index in [0.29, 0.717) is 26.9 Å². The lowest BCUT2D eigenvalue weighted by molar-refractivity contribution is 0.0661. The lowest BCUT2D eigenvalue weighted by atomic mass is 10.0. The smallest absolute Gasteiger partial charge is 0.371 e. The number of fused-ring (bicyclic) bond motifs is 1. The maximum Gasteiger partial charge on any atom is 0.371 e. The first-order chi connectivity index (χ1) is 13.4. The van der Waals surface area contributed by atoms with E-state index in [-0.39, 0.29) is 11.3 Å². The van der Waals surface area contributed by atoms with Crippen LogP contribution in [0.1, 0.15) is 27.4 Å². The Morgan fingerprint density at radius 3 is 2.79 bits per heavy atom. The quantitative estimate of drug-likeness (QED) is 0.359. The van der Waals surface area contributed by atoms with E-state index in [2.05, 4.69) is 35.9 Å². The Morgan fingerprint density at radius 1 is 1.25 bits per heavy atom. The van der Waals surface area contributed by atoms with Crippen molar-refractivity contribution in [3.05, 3.63) is 68.7 Å². The number of carbonyl (C=O) groups is 1. The molecule has 6 nitrogen and oxygen atoms in total.